The van der Waals surface area contributed by atoms with E-state index in [-0.39, 0.29) is 24.3 Å². The van der Waals surface area contributed by atoms with E-state index in [2.05, 4.69) is 15.2 Å². The number of carbonyl (C=O) groups is 2. The molecule has 0 bridgehead atoms. The van der Waals surface area contributed by atoms with E-state index in [0.29, 0.717) is 60.8 Å². The van der Waals surface area contributed by atoms with Crippen LogP contribution in [0.15, 0.2) is 24.3 Å². The van der Waals surface area contributed by atoms with E-state index in [9.17, 15) is 22.8 Å². The molecule has 3 rings (SSSR count). The molecule has 0 saturated carbocycles. The lowest BCUT2D eigenvalue weighted by Gasteiger charge is -2.35. The van der Waals surface area contributed by atoms with Crippen LogP contribution < -0.4 is 5.32 Å². The first-order valence-corrected chi connectivity index (χ1v) is 11.1. The summed E-state index contributed by atoms with van der Waals surface area (Å²) in [5.41, 5.74) is 2.26. The van der Waals surface area contributed by atoms with Crippen molar-refractivity contribution in [1.29, 1.82) is 0 Å². The molecule has 1 aliphatic heterocycles. The lowest BCUT2D eigenvalue weighted by Crippen LogP contribution is -2.44. The fourth-order valence-corrected chi connectivity index (χ4v) is 4.37. The van der Waals surface area contributed by atoms with Crippen molar-refractivity contribution in [2.24, 2.45) is 0 Å². The van der Waals surface area contributed by atoms with E-state index >= 15 is 0 Å². The quantitative estimate of drug-likeness (QED) is 0.570. The van der Waals surface area contributed by atoms with Crippen LogP contribution in [0.4, 0.5) is 13.2 Å². The second-order valence-electron chi connectivity index (χ2n) is 8.28. The molecule has 2 heterocycles. The minimum atomic E-state index is -4.41. The van der Waals surface area contributed by atoms with Crippen LogP contribution in [0.2, 0.25) is 0 Å². The average Bonchev–Trinajstić information content (AvgIpc) is 3.10. The largest absolute Gasteiger partial charge is 0.416 e. The maximum Gasteiger partial charge on any atom is 0.416 e. The highest BCUT2D eigenvalue weighted by atomic mass is 19.4. The summed E-state index contributed by atoms with van der Waals surface area (Å²) in [6.07, 6.45) is -3.04. The Balaban J connectivity index is 1.83. The Morgan fingerprint density at radius 1 is 1.18 bits per heavy atom. The van der Waals surface area contributed by atoms with Crippen molar-refractivity contribution in [3.63, 3.8) is 0 Å². The van der Waals surface area contributed by atoms with E-state index in [1.807, 2.05) is 6.92 Å². The van der Waals surface area contributed by atoms with Gasteiger partial charge in [0.25, 0.3) is 5.91 Å². The number of aromatic amines is 1. The summed E-state index contributed by atoms with van der Waals surface area (Å²) >= 11 is 0. The molecule has 1 aromatic carbocycles. The Morgan fingerprint density at radius 3 is 2.36 bits per heavy atom. The lowest BCUT2D eigenvalue weighted by atomic mass is 10.0. The number of Topliss-reactive ketones (excluding diaryl/α,β-unsaturated/α-hetero) is 1. The van der Waals surface area contributed by atoms with Gasteiger partial charge in [-0.3, -0.25) is 14.5 Å². The number of ketones is 1. The summed E-state index contributed by atoms with van der Waals surface area (Å²) in [4.78, 5) is 30.3. The standard InChI is InChI=1S/C24H30F3N3O3/c1-4-5-19-21(16(3)31)15(2)29-22(19)23(32)28-14-20(30-10-12-33-13-11-30)17-6-8-18(9-7-17)24(25,26)27/h6-9,20,29H,4-5,10-14H2,1-3H3,(H,28,32). The molecule has 1 aliphatic rings. The molecule has 1 unspecified atom stereocenters. The highest BCUT2D eigenvalue weighted by Crippen LogP contribution is 2.31. The third kappa shape index (κ3) is 5.83. The Morgan fingerprint density at radius 2 is 1.82 bits per heavy atom. The molecule has 1 amide bonds. The van der Waals surface area contributed by atoms with Gasteiger partial charge in [0.1, 0.15) is 5.69 Å². The summed E-state index contributed by atoms with van der Waals surface area (Å²) in [6, 6.07) is 4.75. The second-order valence-corrected chi connectivity index (χ2v) is 8.28. The number of rotatable bonds is 8. The minimum absolute atomic E-state index is 0.0952. The number of nitrogens with one attached hydrogen (secondary N) is 2. The van der Waals surface area contributed by atoms with E-state index in [4.69, 9.17) is 4.74 Å². The van der Waals surface area contributed by atoms with Crippen LogP contribution in [0.3, 0.4) is 0 Å². The fourth-order valence-electron chi connectivity index (χ4n) is 4.37. The van der Waals surface area contributed by atoms with Gasteiger partial charge in [-0.15, -0.1) is 0 Å². The molecule has 2 N–H and O–H groups in total. The Labute approximate surface area is 191 Å². The number of benzene rings is 1. The number of ether oxygens (including phenoxy) is 1. The topological polar surface area (TPSA) is 74.4 Å². The number of nitrogens with zero attached hydrogens (tertiary/aromatic N) is 1. The molecule has 1 aromatic heterocycles. The van der Waals surface area contributed by atoms with Crippen molar-refractivity contribution in [1.82, 2.24) is 15.2 Å². The van der Waals surface area contributed by atoms with E-state index < -0.39 is 11.7 Å². The smallest absolute Gasteiger partial charge is 0.379 e. The number of hydrogen-bond acceptors (Lipinski definition) is 4. The number of morpholine rings is 1. The number of hydrogen-bond donors (Lipinski definition) is 2. The molecule has 2 aromatic rings. The van der Waals surface area contributed by atoms with Crippen molar-refractivity contribution >= 4 is 11.7 Å². The third-order valence-corrected chi connectivity index (χ3v) is 5.94. The van der Waals surface area contributed by atoms with Crippen LogP contribution in [0.5, 0.6) is 0 Å². The highest BCUT2D eigenvalue weighted by molar-refractivity contribution is 6.02. The Hall–Kier alpha value is -2.65. The molecule has 33 heavy (non-hydrogen) atoms. The van der Waals surface area contributed by atoms with Crippen LogP contribution in [0, 0.1) is 6.92 Å². The minimum Gasteiger partial charge on any atom is -0.379 e. The molecule has 180 valence electrons. The number of aryl methyl sites for hydroxylation is 1. The Kier molecular flexibility index (Phi) is 7.97. The van der Waals surface area contributed by atoms with Gasteiger partial charge in [-0.1, -0.05) is 25.5 Å². The summed E-state index contributed by atoms with van der Waals surface area (Å²) in [6.45, 7) is 7.70. The molecule has 1 atom stereocenters. The molecule has 0 spiro atoms. The number of aromatic nitrogens is 1. The van der Waals surface area contributed by atoms with Gasteiger partial charge in [-0.2, -0.15) is 13.2 Å². The maximum absolute atomic E-state index is 13.1. The van der Waals surface area contributed by atoms with Crippen molar-refractivity contribution in [2.75, 3.05) is 32.8 Å². The summed E-state index contributed by atoms with van der Waals surface area (Å²) in [5.74, 6) is -0.429. The SMILES string of the molecule is CCCc1c(C(=O)NCC(c2ccc(C(F)(F)F)cc2)N2CCOCC2)[nH]c(C)c1C(C)=O. The van der Waals surface area contributed by atoms with E-state index in [1.54, 1.807) is 6.92 Å². The molecule has 6 nitrogen and oxygen atoms in total. The predicted octanol–water partition coefficient (Wildman–Crippen LogP) is 4.30. The summed E-state index contributed by atoms with van der Waals surface area (Å²) < 4.78 is 44.4. The number of H-pyrrole nitrogens is 1. The highest BCUT2D eigenvalue weighted by Gasteiger charge is 2.31. The van der Waals surface area contributed by atoms with Crippen LogP contribution in [-0.2, 0) is 17.3 Å². The third-order valence-electron chi connectivity index (χ3n) is 5.94. The fraction of sp³-hybridized carbons (Fsp3) is 0.500. The van der Waals surface area contributed by atoms with Crippen molar-refractivity contribution < 1.29 is 27.5 Å². The predicted molar refractivity (Wildman–Crippen MR) is 118 cm³/mol. The molecule has 0 radical (unpaired) electrons. The van der Waals surface area contributed by atoms with Gasteiger partial charge in [-0.25, -0.2) is 0 Å². The van der Waals surface area contributed by atoms with E-state index in [0.717, 1.165) is 18.6 Å². The van der Waals surface area contributed by atoms with Gasteiger partial charge >= 0.3 is 6.18 Å². The second kappa shape index (κ2) is 10.5. The van der Waals surface area contributed by atoms with Crippen molar-refractivity contribution in [2.45, 2.75) is 45.8 Å². The first-order chi connectivity index (χ1) is 15.6. The van der Waals surface area contributed by atoms with E-state index in [1.165, 1.54) is 19.1 Å². The number of carbonyl (C=O) groups excluding carboxylic acids is 2. The normalized spacial score (nSPS) is 15.9. The zero-order valence-electron chi connectivity index (χ0n) is 19.1. The molecule has 1 fully saturated rings. The Bertz CT molecular complexity index is 977. The van der Waals surface area contributed by atoms with Crippen LogP contribution in [-0.4, -0.2) is 54.4 Å². The van der Waals surface area contributed by atoms with Gasteiger partial charge in [0.05, 0.1) is 24.8 Å². The van der Waals surface area contributed by atoms with Gasteiger partial charge in [0.15, 0.2) is 5.78 Å². The summed E-state index contributed by atoms with van der Waals surface area (Å²) in [5, 5.41) is 2.93. The first-order valence-electron chi connectivity index (χ1n) is 11.1. The van der Waals surface area contributed by atoms with Crippen LogP contribution >= 0.6 is 0 Å². The van der Waals surface area contributed by atoms with Gasteiger partial charge < -0.3 is 15.0 Å². The number of alkyl halides is 3. The monoisotopic (exact) mass is 465 g/mol. The number of halogens is 3. The lowest BCUT2D eigenvalue weighted by molar-refractivity contribution is -0.137. The van der Waals surface area contributed by atoms with Crippen LogP contribution in [0.1, 0.15) is 69.5 Å². The van der Waals surface area contributed by atoms with Crippen molar-refractivity contribution in [3.05, 3.63) is 57.9 Å². The maximum atomic E-state index is 13.1. The van der Waals surface area contributed by atoms with Crippen LogP contribution in [0.25, 0.3) is 0 Å². The average molecular weight is 466 g/mol. The number of amides is 1. The zero-order valence-corrected chi connectivity index (χ0v) is 19.1. The van der Waals surface area contributed by atoms with Gasteiger partial charge in [0, 0.05) is 30.9 Å². The summed E-state index contributed by atoms with van der Waals surface area (Å²) in [7, 11) is 0. The van der Waals surface area contributed by atoms with Crippen molar-refractivity contribution in [3.8, 4) is 0 Å². The zero-order chi connectivity index (χ0) is 24.2. The molecule has 1 saturated heterocycles. The molecular formula is C24H30F3N3O3. The molecular weight excluding hydrogens is 435 g/mol. The molecule has 9 heteroatoms. The van der Waals surface area contributed by atoms with Gasteiger partial charge in [-0.05, 0) is 43.5 Å². The van der Waals surface area contributed by atoms with Gasteiger partial charge in [0.2, 0.25) is 0 Å². The first kappa shape index (κ1) is 25.0. The molecule has 0 aliphatic carbocycles.